The minimum atomic E-state index is -3.47. The van der Waals surface area contributed by atoms with Crippen molar-refractivity contribution in [2.75, 3.05) is 0 Å². The quantitative estimate of drug-likeness (QED) is 0.799. The molecule has 98 valence electrons. The summed E-state index contributed by atoms with van der Waals surface area (Å²) in [7, 11) is -3.47. The van der Waals surface area contributed by atoms with Gasteiger partial charge in [0.15, 0.2) is 4.96 Å². The molecule has 0 amide bonds. The van der Waals surface area contributed by atoms with Crippen LogP contribution in [-0.2, 0) is 16.6 Å². The van der Waals surface area contributed by atoms with Crippen molar-refractivity contribution in [2.24, 2.45) is 0 Å². The van der Waals surface area contributed by atoms with Gasteiger partial charge in [0.1, 0.15) is 0 Å². The Labute approximate surface area is 114 Å². The lowest BCUT2D eigenvalue weighted by Crippen LogP contribution is -2.23. The highest BCUT2D eigenvalue weighted by molar-refractivity contribution is 7.89. The highest BCUT2D eigenvalue weighted by Gasteiger charge is 2.13. The van der Waals surface area contributed by atoms with Crippen LogP contribution in [0.5, 0.6) is 0 Å². The van der Waals surface area contributed by atoms with Gasteiger partial charge in [0.05, 0.1) is 17.1 Å². The van der Waals surface area contributed by atoms with Gasteiger partial charge in [-0.3, -0.25) is 4.40 Å². The second-order valence-electron chi connectivity index (χ2n) is 3.96. The van der Waals surface area contributed by atoms with Gasteiger partial charge in [0.2, 0.25) is 10.0 Å². The summed E-state index contributed by atoms with van der Waals surface area (Å²) in [4.78, 5) is 5.44. The van der Waals surface area contributed by atoms with Crippen LogP contribution >= 0.6 is 11.3 Å². The molecule has 0 fully saturated rings. The molecule has 3 aromatic rings. The minimum Gasteiger partial charge on any atom is -0.297 e. The van der Waals surface area contributed by atoms with Gasteiger partial charge in [-0.25, -0.2) is 18.1 Å². The first kappa shape index (κ1) is 12.3. The maximum absolute atomic E-state index is 12.0. The van der Waals surface area contributed by atoms with Crippen molar-refractivity contribution in [3.8, 4) is 0 Å². The fourth-order valence-corrected chi connectivity index (χ4v) is 3.45. The lowest BCUT2D eigenvalue weighted by atomic mass is 10.4. The Morgan fingerprint density at radius 3 is 2.79 bits per heavy atom. The van der Waals surface area contributed by atoms with Crippen LogP contribution in [0.15, 0.2) is 53.0 Å². The topological polar surface area (TPSA) is 63.5 Å². The predicted octanol–water partition coefficient (Wildman–Crippen LogP) is 1.87. The Balaban J connectivity index is 1.77. The summed E-state index contributed by atoms with van der Waals surface area (Å²) in [5.41, 5.74) is 0.700. The van der Waals surface area contributed by atoms with Gasteiger partial charge < -0.3 is 0 Å². The second kappa shape index (κ2) is 4.76. The number of sulfonamides is 1. The van der Waals surface area contributed by atoms with Crippen LogP contribution < -0.4 is 4.72 Å². The number of aromatic nitrogens is 2. The number of fused-ring (bicyclic) bond motifs is 1. The summed E-state index contributed by atoms with van der Waals surface area (Å²) in [5.74, 6) is 0. The van der Waals surface area contributed by atoms with Crippen molar-refractivity contribution < 1.29 is 8.42 Å². The third-order valence-corrected chi connectivity index (χ3v) is 4.83. The standard InChI is InChI=1S/C12H11N3O2S2/c16-19(17,11-4-2-1-3-5-11)13-8-10-9-15-6-7-18-12(15)14-10/h1-7,9,13H,8H2. The molecule has 0 aliphatic rings. The predicted molar refractivity (Wildman–Crippen MR) is 73.5 cm³/mol. The fourth-order valence-electron chi connectivity index (χ4n) is 1.71. The Morgan fingerprint density at radius 2 is 2.05 bits per heavy atom. The average molecular weight is 293 g/mol. The van der Waals surface area contributed by atoms with Gasteiger partial charge in [-0.1, -0.05) is 18.2 Å². The maximum atomic E-state index is 12.0. The Morgan fingerprint density at radius 1 is 1.26 bits per heavy atom. The Kier molecular flexibility index (Phi) is 3.09. The van der Waals surface area contributed by atoms with E-state index >= 15 is 0 Å². The molecule has 0 atom stereocenters. The highest BCUT2D eigenvalue weighted by Crippen LogP contribution is 2.12. The zero-order chi connectivity index (χ0) is 13.3. The van der Waals surface area contributed by atoms with E-state index in [1.165, 1.54) is 11.3 Å². The van der Waals surface area contributed by atoms with E-state index in [1.807, 2.05) is 22.2 Å². The molecule has 7 heteroatoms. The molecule has 0 bridgehead atoms. The summed E-state index contributed by atoms with van der Waals surface area (Å²) >= 11 is 1.51. The molecule has 19 heavy (non-hydrogen) atoms. The van der Waals surface area contributed by atoms with Crippen molar-refractivity contribution in [3.63, 3.8) is 0 Å². The van der Waals surface area contributed by atoms with Crippen LogP contribution in [0.2, 0.25) is 0 Å². The first-order valence-electron chi connectivity index (χ1n) is 5.61. The van der Waals surface area contributed by atoms with Crippen molar-refractivity contribution in [1.29, 1.82) is 0 Å². The van der Waals surface area contributed by atoms with E-state index in [-0.39, 0.29) is 11.4 Å². The van der Waals surface area contributed by atoms with Gasteiger partial charge in [-0.05, 0) is 12.1 Å². The first-order valence-corrected chi connectivity index (χ1v) is 7.97. The van der Waals surface area contributed by atoms with Crippen molar-refractivity contribution >= 4 is 26.3 Å². The summed E-state index contributed by atoms with van der Waals surface area (Å²) in [6.07, 6.45) is 3.71. The van der Waals surface area contributed by atoms with Crippen LogP contribution in [0.1, 0.15) is 5.69 Å². The number of imidazole rings is 1. The van der Waals surface area contributed by atoms with Gasteiger partial charge in [-0.15, -0.1) is 11.3 Å². The number of rotatable bonds is 4. The average Bonchev–Trinajstić information content (AvgIpc) is 2.98. The van der Waals surface area contributed by atoms with E-state index in [0.717, 1.165) is 4.96 Å². The van der Waals surface area contributed by atoms with E-state index in [0.29, 0.717) is 5.69 Å². The molecule has 5 nitrogen and oxygen atoms in total. The summed E-state index contributed by atoms with van der Waals surface area (Å²) < 4.78 is 28.4. The maximum Gasteiger partial charge on any atom is 0.240 e. The van der Waals surface area contributed by atoms with Crippen LogP contribution in [0.25, 0.3) is 4.96 Å². The number of hydrogen-bond acceptors (Lipinski definition) is 4. The summed E-state index contributed by atoms with van der Waals surface area (Å²) in [5, 5.41) is 1.93. The van der Waals surface area contributed by atoms with Crippen LogP contribution in [0.3, 0.4) is 0 Å². The summed E-state index contributed by atoms with van der Waals surface area (Å²) in [6, 6.07) is 8.30. The zero-order valence-corrected chi connectivity index (χ0v) is 11.5. The van der Waals surface area contributed by atoms with Crippen LogP contribution in [0, 0.1) is 0 Å². The van der Waals surface area contributed by atoms with Crippen molar-refractivity contribution in [3.05, 3.63) is 53.8 Å². The van der Waals surface area contributed by atoms with E-state index in [1.54, 1.807) is 30.3 Å². The molecule has 2 heterocycles. The zero-order valence-electron chi connectivity index (χ0n) is 9.85. The van der Waals surface area contributed by atoms with Gasteiger partial charge in [0, 0.05) is 17.8 Å². The number of nitrogens with zero attached hydrogens (tertiary/aromatic N) is 2. The molecule has 0 spiro atoms. The SMILES string of the molecule is O=S(=O)(NCc1cn2ccsc2n1)c1ccccc1. The number of thiazole rings is 1. The minimum absolute atomic E-state index is 0.186. The first-order chi connectivity index (χ1) is 9.15. The smallest absolute Gasteiger partial charge is 0.240 e. The Bertz CT molecular complexity index is 762. The molecule has 0 saturated carbocycles. The molecule has 0 aliphatic carbocycles. The van der Waals surface area contributed by atoms with Crippen molar-refractivity contribution in [1.82, 2.24) is 14.1 Å². The van der Waals surface area contributed by atoms with E-state index in [4.69, 9.17) is 0 Å². The fraction of sp³-hybridized carbons (Fsp3) is 0.0833. The number of benzene rings is 1. The van der Waals surface area contributed by atoms with Crippen molar-refractivity contribution in [2.45, 2.75) is 11.4 Å². The third-order valence-electron chi connectivity index (χ3n) is 2.64. The molecule has 0 unspecified atom stereocenters. The van der Waals surface area contributed by atoms with Gasteiger partial charge in [0.25, 0.3) is 0 Å². The molecule has 0 radical (unpaired) electrons. The molecule has 2 aromatic heterocycles. The Hall–Kier alpha value is -1.70. The molecule has 0 saturated heterocycles. The highest BCUT2D eigenvalue weighted by atomic mass is 32.2. The number of hydrogen-bond donors (Lipinski definition) is 1. The second-order valence-corrected chi connectivity index (χ2v) is 6.60. The molecule has 1 N–H and O–H groups in total. The molecule has 1 aromatic carbocycles. The normalized spacial score (nSPS) is 12.0. The van der Waals surface area contributed by atoms with E-state index in [9.17, 15) is 8.42 Å². The molecule has 3 rings (SSSR count). The van der Waals surface area contributed by atoms with E-state index in [2.05, 4.69) is 9.71 Å². The van der Waals surface area contributed by atoms with Crippen LogP contribution in [0.4, 0.5) is 0 Å². The molecular weight excluding hydrogens is 282 g/mol. The number of nitrogens with one attached hydrogen (secondary N) is 1. The molecular formula is C12H11N3O2S2. The summed E-state index contributed by atoms with van der Waals surface area (Å²) in [6.45, 7) is 0.186. The van der Waals surface area contributed by atoms with Gasteiger partial charge >= 0.3 is 0 Å². The lowest BCUT2D eigenvalue weighted by Gasteiger charge is -2.04. The monoisotopic (exact) mass is 293 g/mol. The lowest BCUT2D eigenvalue weighted by molar-refractivity contribution is 0.580. The van der Waals surface area contributed by atoms with Crippen LogP contribution in [-0.4, -0.2) is 17.8 Å². The van der Waals surface area contributed by atoms with Gasteiger partial charge in [-0.2, -0.15) is 0 Å². The largest absolute Gasteiger partial charge is 0.297 e. The van der Waals surface area contributed by atoms with E-state index < -0.39 is 10.0 Å². The third kappa shape index (κ3) is 2.53. The molecule has 0 aliphatic heterocycles.